The maximum absolute atomic E-state index is 12.9. The molecule has 4 rings (SSSR count). The Balaban J connectivity index is 1.52. The highest BCUT2D eigenvalue weighted by atomic mass is 32.1. The lowest BCUT2D eigenvalue weighted by Gasteiger charge is -2.23. The fraction of sp³-hybridized carbons (Fsp3) is 0.409. The minimum atomic E-state index is -0.889. The van der Waals surface area contributed by atoms with Gasteiger partial charge in [-0.15, -0.1) is 11.3 Å². The van der Waals surface area contributed by atoms with E-state index in [2.05, 4.69) is 41.5 Å². The zero-order chi connectivity index (χ0) is 19.8. The first-order valence-corrected chi connectivity index (χ1v) is 10.6. The highest BCUT2D eigenvalue weighted by Gasteiger charge is 2.51. The van der Waals surface area contributed by atoms with Gasteiger partial charge in [-0.25, -0.2) is 4.98 Å². The summed E-state index contributed by atoms with van der Waals surface area (Å²) in [7, 11) is 0. The van der Waals surface area contributed by atoms with Crippen LogP contribution in [0.25, 0.3) is 11.3 Å². The van der Waals surface area contributed by atoms with Crippen molar-refractivity contribution in [1.29, 1.82) is 0 Å². The molecule has 4 atom stereocenters. The minimum absolute atomic E-state index is 0.0118. The number of nitrogens with one attached hydrogen (secondary N) is 1. The number of aryl methyl sites for hydroxylation is 2. The Morgan fingerprint density at radius 3 is 2.50 bits per heavy atom. The lowest BCUT2D eigenvalue weighted by molar-refractivity contribution is -0.146. The molecule has 1 heterocycles. The number of nitrogens with zero attached hydrogens (tertiary/aromatic N) is 1. The van der Waals surface area contributed by atoms with Crippen molar-refractivity contribution in [1.82, 2.24) is 4.98 Å². The van der Waals surface area contributed by atoms with E-state index in [-0.39, 0.29) is 17.7 Å². The lowest BCUT2D eigenvalue weighted by Crippen LogP contribution is -2.36. The van der Waals surface area contributed by atoms with Crippen molar-refractivity contribution in [3.8, 4) is 11.3 Å². The number of amides is 1. The molecule has 0 radical (unpaired) electrons. The summed E-state index contributed by atoms with van der Waals surface area (Å²) in [6.07, 6.45) is 6.86. The first-order chi connectivity index (χ1) is 13.5. The van der Waals surface area contributed by atoms with Crippen molar-refractivity contribution in [3.63, 3.8) is 0 Å². The summed E-state index contributed by atoms with van der Waals surface area (Å²) in [5, 5.41) is 13.0. The fourth-order valence-electron chi connectivity index (χ4n) is 4.54. The summed E-state index contributed by atoms with van der Waals surface area (Å²) in [6.45, 7) is 4.15. The van der Waals surface area contributed by atoms with Gasteiger partial charge in [0.05, 0.1) is 17.5 Å². The smallest absolute Gasteiger partial charge is 0.307 e. The number of carboxylic acids is 1. The van der Waals surface area contributed by atoms with E-state index in [9.17, 15) is 14.7 Å². The molecule has 1 saturated carbocycles. The number of carbonyl (C=O) groups excluding carboxylic acids is 1. The molecule has 2 N–H and O–H groups in total. The number of anilines is 1. The monoisotopic (exact) mass is 396 g/mol. The van der Waals surface area contributed by atoms with Gasteiger partial charge in [-0.3, -0.25) is 9.59 Å². The summed E-state index contributed by atoms with van der Waals surface area (Å²) in [4.78, 5) is 30.1. The number of thiazole rings is 1. The molecular weight excluding hydrogens is 372 g/mol. The highest BCUT2D eigenvalue weighted by molar-refractivity contribution is 7.16. The average molecular weight is 397 g/mol. The minimum Gasteiger partial charge on any atom is -0.481 e. The largest absolute Gasteiger partial charge is 0.481 e. The molecule has 28 heavy (non-hydrogen) atoms. The number of allylic oxidation sites excluding steroid dienone is 2. The topological polar surface area (TPSA) is 79.3 Å². The average Bonchev–Trinajstić information content (AvgIpc) is 3.37. The number of carboxylic acid groups (broad SMARTS) is 1. The third-order valence-corrected chi connectivity index (χ3v) is 6.73. The van der Waals surface area contributed by atoms with Crippen molar-refractivity contribution in [2.45, 2.75) is 33.1 Å². The number of hydrogen-bond donors (Lipinski definition) is 2. The van der Waals surface area contributed by atoms with Crippen LogP contribution in [-0.2, 0) is 16.0 Å². The molecule has 2 aliphatic carbocycles. The van der Waals surface area contributed by atoms with Crippen molar-refractivity contribution < 1.29 is 14.7 Å². The predicted molar refractivity (Wildman–Crippen MR) is 110 cm³/mol. The van der Waals surface area contributed by atoms with E-state index in [0.29, 0.717) is 5.13 Å². The SMILES string of the molecule is CCCc1ccc(-c2nc(NC(=O)[C@H]3[C@H](C(=O)O)[C@H]4C=C[C@H]3C4)sc2C)cc1. The van der Waals surface area contributed by atoms with Crippen molar-refractivity contribution in [2.75, 3.05) is 5.32 Å². The molecule has 0 saturated heterocycles. The van der Waals surface area contributed by atoms with Gasteiger partial charge >= 0.3 is 5.97 Å². The Morgan fingerprint density at radius 2 is 1.86 bits per heavy atom. The second kappa shape index (κ2) is 7.51. The van der Waals surface area contributed by atoms with Crippen molar-refractivity contribution >= 4 is 28.3 Å². The number of rotatable bonds is 6. The van der Waals surface area contributed by atoms with Gasteiger partial charge in [-0.1, -0.05) is 49.8 Å². The molecule has 1 fully saturated rings. The summed E-state index contributed by atoms with van der Waals surface area (Å²) in [5.41, 5.74) is 3.20. The van der Waals surface area contributed by atoms with Crippen LogP contribution in [-0.4, -0.2) is 22.0 Å². The third kappa shape index (κ3) is 3.37. The molecule has 2 aromatic rings. The summed E-state index contributed by atoms with van der Waals surface area (Å²) < 4.78 is 0. The molecule has 1 amide bonds. The summed E-state index contributed by atoms with van der Waals surface area (Å²) in [6, 6.07) is 8.38. The molecule has 6 heteroatoms. The molecule has 0 aliphatic heterocycles. The van der Waals surface area contributed by atoms with E-state index in [1.165, 1.54) is 16.9 Å². The molecule has 5 nitrogen and oxygen atoms in total. The number of benzene rings is 1. The molecule has 2 bridgehead atoms. The quantitative estimate of drug-likeness (QED) is 0.703. The highest BCUT2D eigenvalue weighted by Crippen LogP contribution is 2.48. The standard InChI is InChI=1S/C22H24N2O3S/c1-3-4-13-5-7-14(8-6-13)19-12(2)28-22(23-19)24-20(25)17-15-9-10-16(11-15)18(17)21(26)27/h5-10,15-18H,3-4,11H2,1-2H3,(H,26,27)(H,23,24,25)/t15-,16-,17+,18+/m0/s1. The number of aromatic nitrogens is 1. The Morgan fingerprint density at radius 1 is 1.18 bits per heavy atom. The fourth-order valence-corrected chi connectivity index (χ4v) is 5.38. The van der Waals surface area contributed by atoms with Crippen LogP contribution in [0, 0.1) is 30.6 Å². The zero-order valence-electron chi connectivity index (χ0n) is 16.0. The number of fused-ring (bicyclic) bond motifs is 2. The van der Waals surface area contributed by atoms with Crippen molar-refractivity contribution in [2.24, 2.45) is 23.7 Å². The van der Waals surface area contributed by atoms with Gasteiger partial charge in [0.1, 0.15) is 0 Å². The Hall–Kier alpha value is -2.47. The predicted octanol–water partition coefficient (Wildman–Crippen LogP) is 4.53. The summed E-state index contributed by atoms with van der Waals surface area (Å²) >= 11 is 1.43. The maximum atomic E-state index is 12.9. The number of aliphatic carboxylic acids is 1. The van der Waals surface area contributed by atoms with Gasteiger partial charge in [-0.2, -0.15) is 0 Å². The molecule has 1 aromatic carbocycles. The van der Waals surface area contributed by atoms with Crippen LogP contribution in [0.5, 0.6) is 0 Å². The van der Waals surface area contributed by atoms with E-state index in [1.54, 1.807) is 0 Å². The summed E-state index contributed by atoms with van der Waals surface area (Å²) in [5.74, 6) is -2.30. The molecule has 146 valence electrons. The van der Waals surface area contributed by atoms with Crippen LogP contribution in [0.1, 0.15) is 30.2 Å². The third-order valence-electron chi connectivity index (χ3n) is 5.84. The first kappa shape index (κ1) is 18.9. The van der Waals surface area contributed by atoms with E-state index in [1.807, 2.05) is 19.1 Å². The van der Waals surface area contributed by atoms with E-state index < -0.39 is 17.8 Å². The Kier molecular flexibility index (Phi) is 5.06. The van der Waals surface area contributed by atoms with E-state index in [0.717, 1.165) is 35.4 Å². The molecule has 1 aromatic heterocycles. The van der Waals surface area contributed by atoms with Crippen LogP contribution in [0.3, 0.4) is 0 Å². The van der Waals surface area contributed by atoms with Crippen LogP contribution in [0.15, 0.2) is 36.4 Å². The van der Waals surface area contributed by atoms with Crippen LogP contribution >= 0.6 is 11.3 Å². The number of hydrogen-bond acceptors (Lipinski definition) is 4. The van der Waals surface area contributed by atoms with Crippen LogP contribution in [0.4, 0.5) is 5.13 Å². The number of carbonyl (C=O) groups is 2. The first-order valence-electron chi connectivity index (χ1n) is 9.76. The van der Waals surface area contributed by atoms with Crippen molar-refractivity contribution in [3.05, 3.63) is 46.9 Å². The van der Waals surface area contributed by atoms with Gasteiger partial charge in [0.25, 0.3) is 0 Å². The molecule has 0 spiro atoms. The van der Waals surface area contributed by atoms with Crippen LogP contribution < -0.4 is 5.32 Å². The van der Waals surface area contributed by atoms with Gasteiger partial charge in [0.2, 0.25) is 5.91 Å². The molecule has 2 aliphatic rings. The molecule has 0 unspecified atom stereocenters. The normalized spacial score (nSPS) is 25.2. The lowest BCUT2D eigenvalue weighted by atomic mass is 9.82. The van der Waals surface area contributed by atoms with Gasteiger partial charge in [0, 0.05) is 10.4 Å². The zero-order valence-corrected chi connectivity index (χ0v) is 16.8. The van der Waals surface area contributed by atoms with Crippen LogP contribution in [0.2, 0.25) is 0 Å². The van der Waals surface area contributed by atoms with E-state index >= 15 is 0 Å². The Labute approximate surface area is 168 Å². The molecular formula is C22H24N2O3S. The van der Waals surface area contributed by atoms with Gasteiger partial charge in [0.15, 0.2) is 5.13 Å². The second-order valence-corrected chi connectivity index (χ2v) is 8.90. The van der Waals surface area contributed by atoms with Gasteiger partial charge < -0.3 is 10.4 Å². The van der Waals surface area contributed by atoms with E-state index in [4.69, 9.17) is 0 Å². The maximum Gasteiger partial charge on any atom is 0.307 e. The second-order valence-electron chi connectivity index (χ2n) is 7.70. The Bertz CT molecular complexity index is 932. The van der Waals surface area contributed by atoms with Gasteiger partial charge in [-0.05, 0) is 37.2 Å².